The lowest BCUT2D eigenvalue weighted by atomic mass is 10.2. The lowest BCUT2D eigenvalue weighted by Gasteiger charge is -2.12. The summed E-state index contributed by atoms with van der Waals surface area (Å²) in [5.41, 5.74) is 1.02. The molecular formula is C14H17ClN4OS. The van der Waals surface area contributed by atoms with Crippen LogP contribution in [0.3, 0.4) is 0 Å². The van der Waals surface area contributed by atoms with Gasteiger partial charge in [0.25, 0.3) is 0 Å². The molecule has 1 unspecified atom stereocenters. The summed E-state index contributed by atoms with van der Waals surface area (Å²) in [6, 6.07) is 7.41. The fraction of sp³-hybridized carbons (Fsp3) is 0.357. The maximum Gasteiger partial charge on any atom is 0.233 e. The molecule has 5 nitrogen and oxygen atoms in total. The summed E-state index contributed by atoms with van der Waals surface area (Å²) >= 11 is 7.23. The molecule has 0 spiro atoms. The predicted octanol–water partition coefficient (Wildman–Crippen LogP) is 2.75. The van der Waals surface area contributed by atoms with Crippen molar-refractivity contribution in [1.29, 1.82) is 0 Å². The molecule has 1 atom stereocenters. The van der Waals surface area contributed by atoms with Crippen LogP contribution in [0.2, 0.25) is 5.02 Å². The Balaban J connectivity index is 1.86. The van der Waals surface area contributed by atoms with Gasteiger partial charge in [-0.15, -0.1) is 10.2 Å². The van der Waals surface area contributed by atoms with Gasteiger partial charge in [0.1, 0.15) is 6.33 Å². The van der Waals surface area contributed by atoms with E-state index in [0.29, 0.717) is 11.6 Å². The van der Waals surface area contributed by atoms with E-state index in [2.05, 4.69) is 15.5 Å². The molecule has 0 aliphatic carbocycles. The van der Waals surface area contributed by atoms with Crippen LogP contribution in [0.15, 0.2) is 35.7 Å². The van der Waals surface area contributed by atoms with Gasteiger partial charge in [-0.3, -0.25) is 4.79 Å². The molecule has 0 aliphatic heterocycles. The third-order valence-electron chi connectivity index (χ3n) is 2.95. The van der Waals surface area contributed by atoms with Crippen LogP contribution < -0.4 is 5.32 Å². The maximum atomic E-state index is 12.1. The van der Waals surface area contributed by atoms with E-state index in [1.807, 2.05) is 42.7 Å². The molecule has 0 radical (unpaired) electrons. The lowest BCUT2D eigenvalue weighted by molar-refractivity contribution is -0.120. The molecule has 0 saturated heterocycles. The Morgan fingerprint density at radius 1 is 1.43 bits per heavy atom. The number of halogens is 1. The van der Waals surface area contributed by atoms with Crippen LogP contribution in [-0.2, 0) is 17.9 Å². The molecule has 1 aromatic carbocycles. The van der Waals surface area contributed by atoms with Gasteiger partial charge in [-0.1, -0.05) is 35.5 Å². The monoisotopic (exact) mass is 324 g/mol. The highest BCUT2D eigenvalue weighted by Crippen LogP contribution is 2.20. The maximum absolute atomic E-state index is 12.1. The molecule has 1 amide bonds. The van der Waals surface area contributed by atoms with Crippen molar-refractivity contribution in [3.05, 3.63) is 41.2 Å². The third-order valence-corrected chi connectivity index (χ3v) is 4.30. The van der Waals surface area contributed by atoms with Crippen LogP contribution in [0.1, 0.15) is 19.4 Å². The van der Waals surface area contributed by atoms with Crippen LogP contribution in [0, 0.1) is 0 Å². The van der Waals surface area contributed by atoms with Gasteiger partial charge < -0.3 is 9.88 Å². The minimum atomic E-state index is -0.230. The average molecular weight is 325 g/mol. The Morgan fingerprint density at radius 3 is 2.81 bits per heavy atom. The lowest BCUT2D eigenvalue weighted by Crippen LogP contribution is -2.30. The Kier molecular flexibility index (Phi) is 5.64. The molecule has 0 saturated carbocycles. The number of carbonyl (C=O) groups is 1. The number of hydrogen-bond donors (Lipinski definition) is 1. The molecule has 1 heterocycles. The van der Waals surface area contributed by atoms with E-state index in [9.17, 15) is 4.79 Å². The number of hydrogen-bond acceptors (Lipinski definition) is 4. The summed E-state index contributed by atoms with van der Waals surface area (Å²) < 4.78 is 1.91. The van der Waals surface area contributed by atoms with Gasteiger partial charge in [0.2, 0.25) is 5.91 Å². The van der Waals surface area contributed by atoms with Crippen molar-refractivity contribution >= 4 is 29.3 Å². The summed E-state index contributed by atoms with van der Waals surface area (Å²) in [6.07, 6.45) is 1.67. The van der Waals surface area contributed by atoms with Crippen molar-refractivity contribution in [3.8, 4) is 0 Å². The van der Waals surface area contributed by atoms with Gasteiger partial charge in [0.15, 0.2) is 5.16 Å². The Morgan fingerprint density at radius 2 is 2.14 bits per heavy atom. The summed E-state index contributed by atoms with van der Waals surface area (Å²) in [4.78, 5) is 12.1. The first-order valence-electron chi connectivity index (χ1n) is 6.66. The Bertz CT molecular complexity index is 599. The largest absolute Gasteiger partial charge is 0.351 e. The fourth-order valence-electron chi connectivity index (χ4n) is 1.70. The zero-order valence-electron chi connectivity index (χ0n) is 11.9. The van der Waals surface area contributed by atoms with Gasteiger partial charge in [-0.05, 0) is 31.5 Å². The number of amides is 1. The molecule has 2 aromatic rings. The number of nitrogens with zero attached hydrogens (tertiary/aromatic N) is 3. The number of rotatable bonds is 6. The summed E-state index contributed by atoms with van der Waals surface area (Å²) in [6.45, 7) is 5.14. The predicted molar refractivity (Wildman–Crippen MR) is 84.3 cm³/mol. The van der Waals surface area contributed by atoms with E-state index in [0.717, 1.165) is 17.3 Å². The number of thioether (sulfide) groups is 1. The van der Waals surface area contributed by atoms with E-state index in [1.165, 1.54) is 11.8 Å². The van der Waals surface area contributed by atoms with E-state index in [4.69, 9.17) is 11.6 Å². The SMILES string of the molecule is CCn1cnnc1SC(C)C(=O)NCc1ccc(Cl)cc1. The van der Waals surface area contributed by atoms with Crippen LogP contribution >= 0.6 is 23.4 Å². The zero-order chi connectivity index (χ0) is 15.2. The molecule has 21 heavy (non-hydrogen) atoms. The van der Waals surface area contributed by atoms with E-state index in [-0.39, 0.29) is 11.2 Å². The number of nitrogens with one attached hydrogen (secondary N) is 1. The third kappa shape index (κ3) is 4.47. The molecule has 0 bridgehead atoms. The molecule has 0 aliphatic rings. The van der Waals surface area contributed by atoms with Crippen LogP contribution in [0.5, 0.6) is 0 Å². The molecular weight excluding hydrogens is 308 g/mol. The second kappa shape index (κ2) is 7.47. The highest BCUT2D eigenvalue weighted by molar-refractivity contribution is 8.00. The first-order chi connectivity index (χ1) is 10.1. The van der Waals surface area contributed by atoms with Crippen LogP contribution in [0.4, 0.5) is 0 Å². The molecule has 112 valence electrons. The quantitative estimate of drug-likeness (QED) is 0.830. The molecule has 1 N–H and O–H groups in total. The van der Waals surface area contributed by atoms with E-state index < -0.39 is 0 Å². The zero-order valence-corrected chi connectivity index (χ0v) is 13.5. The van der Waals surface area contributed by atoms with Gasteiger partial charge in [0.05, 0.1) is 5.25 Å². The summed E-state index contributed by atoms with van der Waals surface area (Å²) in [5.74, 6) is -0.0272. The van der Waals surface area contributed by atoms with Crippen molar-refractivity contribution in [2.75, 3.05) is 0 Å². The highest BCUT2D eigenvalue weighted by Gasteiger charge is 2.17. The summed E-state index contributed by atoms with van der Waals surface area (Å²) in [5, 5.41) is 12.0. The minimum Gasteiger partial charge on any atom is -0.351 e. The first-order valence-corrected chi connectivity index (χ1v) is 7.92. The van der Waals surface area contributed by atoms with Gasteiger partial charge in [-0.2, -0.15) is 0 Å². The Hall–Kier alpha value is -1.53. The number of aryl methyl sites for hydroxylation is 1. The van der Waals surface area contributed by atoms with Crippen molar-refractivity contribution in [3.63, 3.8) is 0 Å². The fourth-order valence-corrected chi connectivity index (χ4v) is 2.74. The minimum absolute atomic E-state index is 0.0272. The molecule has 1 aromatic heterocycles. The van der Waals surface area contributed by atoms with Crippen molar-refractivity contribution in [1.82, 2.24) is 20.1 Å². The topological polar surface area (TPSA) is 59.8 Å². The van der Waals surface area contributed by atoms with Crippen molar-refractivity contribution < 1.29 is 4.79 Å². The molecule has 7 heteroatoms. The second-order valence-corrected chi connectivity index (χ2v) is 6.25. The second-order valence-electron chi connectivity index (χ2n) is 4.50. The number of benzene rings is 1. The molecule has 0 fully saturated rings. The molecule has 2 rings (SSSR count). The number of carbonyl (C=O) groups excluding carboxylic acids is 1. The first kappa shape index (κ1) is 15.9. The Labute approximate surface area is 133 Å². The summed E-state index contributed by atoms with van der Waals surface area (Å²) in [7, 11) is 0. The standard InChI is InChI=1S/C14H17ClN4OS/c1-3-19-9-17-18-14(19)21-10(2)13(20)16-8-11-4-6-12(15)7-5-11/h4-7,9-10H,3,8H2,1-2H3,(H,16,20). The van der Waals surface area contributed by atoms with Crippen molar-refractivity contribution in [2.45, 2.75) is 37.3 Å². The van der Waals surface area contributed by atoms with Gasteiger partial charge in [0, 0.05) is 18.1 Å². The van der Waals surface area contributed by atoms with Crippen LogP contribution in [-0.4, -0.2) is 25.9 Å². The van der Waals surface area contributed by atoms with Gasteiger partial charge >= 0.3 is 0 Å². The number of aromatic nitrogens is 3. The van der Waals surface area contributed by atoms with Crippen molar-refractivity contribution in [2.24, 2.45) is 0 Å². The average Bonchev–Trinajstić information content (AvgIpc) is 2.93. The van der Waals surface area contributed by atoms with E-state index in [1.54, 1.807) is 6.33 Å². The van der Waals surface area contributed by atoms with Crippen LogP contribution in [0.25, 0.3) is 0 Å². The van der Waals surface area contributed by atoms with Gasteiger partial charge in [-0.25, -0.2) is 0 Å². The highest BCUT2D eigenvalue weighted by atomic mass is 35.5. The normalized spacial score (nSPS) is 12.1. The van der Waals surface area contributed by atoms with E-state index >= 15 is 0 Å². The smallest absolute Gasteiger partial charge is 0.233 e.